The molecule has 0 bridgehead atoms. The molecule has 0 aliphatic carbocycles. The molecule has 0 aromatic heterocycles. The number of alkyl halides is 3. The first kappa shape index (κ1) is 29.6. The number of sulfonamides is 1. The standard InChI is InChI=1S/C29H26ClF4NO4S/c1-4-28(3)22(27(36)37)15-19-14-18(13-17(2)26-23(30)9-6-10-24(26)31)11-12-25(19)35(28)40(38,39)21-8-5-7-20(16-21)29(32,33)34/h5-14,16,22H,4,15H2,1-3H3,(H,36,37)/t22-,28+/m0/s1. The van der Waals surface area contributed by atoms with Crippen molar-refractivity contribution in [3.05, 3.63) is 93.8 Å². The monoisotopic (exact) mass is 595 g/mol. The maximum atomic E-state index is 14.5. The van der Waals surface area contributed by atoms with Gasteiger partial charge in [0.1, 0.15) is 5.82 Å². The predicted molar refractivity (Wildman–Crippen MR) is 146 cm³/mol. The third kappa shape index (κ3) is 5.22. The topological polar surface area (TPSA) is 74.7 Å². The van der Waals surface area contributed by atoms with Crippen LogP contribution in [0.4, 0.5) is 23.2 Å². The van der Waals surface area contributed by atoms with Gasteiger partial charge in [-0.3, -0.25) is 9.10 Å². The number of hydrogen-bond acceptors (Lipinski definition) is 3. The number of carboxylic acids is 1. The summed E-state index contributed by atoms with van der Waals surface area (Å²) in [5, 5.41) is 10.3. The van der Waals surface area contributed by atoms with Gasteiger partial charge in [0.2, 0.25) is 0 Å². The molecule has 0 unspecified atom stereocenters. The zero-order valence-corrected chi connectivity index (χ0v) is 23.3. The Balaban J connectivity index is 1.90. The SMILES string of the molecule is CC[C@]1(C)[C@H](C(=O)O)Cc2cc(C=C(C)c3c(F)cccc3Cl)ccc2N1S(=O)(=O)c1cccc(C(F)(F)F)c1. The van der Waals surface area contributed by atoms with Crippen LogP contribution < -0.4 is 4.31 Å². The highest BCUT2D eigenvalue weighted by molar-refractivity contribution is 7.93. The molecule has 1 N–H and O–H groups in total. The van der Waals surface area contributed by atoms with Crippen molar-refractivity contribution in [3.8, 4) is 0 Å². The van der Waals surface area contributed by atoms with Gasteiger partial charge in [-0.25, -0.2) is 12.8 Å². The van der Waals surface area contributed by atoms with Crippen molar-refractivity contribution in [3.63, 3.8) is 0 Å². The van der Waals surface area contributed by atoms with Gasteiger partial charge in [-0.05, 0) is 85.9 Å². The summed E-state index contributed by atoms with van der Waals surface area (Å²) in [5.74, 6) is -2.97. The first-order chi connectivity index (χ1) is 18.6. The third-order valence-electron chi connectivity index (χ3n) is 7.41. The number of benzene rings is 3. The van der Waals surface area contributed by atoms with Gasteiger partial charge in [-0.1, -0.05) is 42.8 Å². The van der Waals surface area contributed by atoms with Crippen LogP contribution in [-0.4, -0.2) is 25.0 Å². The summed E-state index contributed by atoms with van der Waals surface area (Å²) in [5.41, 5.74) is -0.871. The van der Waals surface area contributed by atoms with Gasteiger partial charge in [0, 0.05) is 5.56 Å². The van der Waals surface area contributed by atoms with Gasteiger partial charge in [0.15, 0.2) is 0 Å². The Hall–Kier alpha value is -3.37. The van der Waals surface area contributed by atoms with Crippen LogP contribution in [-0.2, 0) is 27.4 Å². The van der Waals surface area contributed by atoms with Crippen LogP contribution in [0.5, 0.6) is 0 Å². The number of allylic oxidation sites excluding steroid dienone is 1. The lowest BCUT2D eigenvalue weighted by Gasteiger charge is -2.49. The summed E-state index contributed by atoms with van der Waals surface area (Å²) in [7, 11) is -4.65. The van der Waals surface area contributed by atoms with E-state index in [0.717, 1.165) is 22.5 Å². The summed E-state index contributed by atoms with van der Waals surface area (Å²) in [4.78, 5) is 11.8. The van der Waals surface area contributed by atoms with Crippen molar-refractivity contribution >= 4 is 44.9 Å². The second-order valence-corrected chi connectivity index (χ2v) is 12.1. The maximum absolute atomic E-state index is 14.5. The molecule has 2 atom stereocenters. The van der Waals surface area contributed by atoms with E-state index in [1.807, 2.05) is 0 Å². The van der Waals surface area contributed by atoms with Crippen LogP contribution >= 0.6 is 11.6 Å². The normalized spacial score (nSPS) is 19.9. The van der Waals surface area contributed by atoms with E-state index in [-0.39, 0.29) is 29.1 Å². The highest BCUT2D eigenvalue weighted by Gasteiger charge is 2.52. The molecule has 4 rings (SSSR count). The lowest BCUT2D eigenvalue weighted by molar-refractivity contribution is -0.144. The van der Waals surface area contributed by atoms with Crippen LogP contribution in [0.25, 0.3) is 11.6 Å². The molecular formula is C29H26ClF4NO4S. The zero-order chi connectivity index (χ0) is 29.6. The van der Waals surface area contributed by atoms with E-state index in [4.69, 9.17) is 11.6 Å². The number of carbonyl (C=O) groups is 1. The average Bonchev–Trinajstić information content (AvgIpc) is 2.87. The molecule has 1 aliphatic heterocycles. The quantitative estimate of drug-likeness (QED) is 0.234. The molecule has 5 nitrogen and oxygen atoms in total. The molecule has 0 saturated carbocycles. The van der Waals surface area contributed by atoms with Crippen molar-refractivity contribution in [1.29, 1.82) is 0 Å². The van der Waals surface area contributed by atoms with Crippen LogP contribution in [0.2, 0.25) is 5.02 Å². The van der Waals surface area contributed by atoms with E-state index in [1.165, 1.54) is 25.1 Å². The van der Waals surface area contributed by atoms with Gasteiger partial charge in [0.25, 0.3) is 10.0 Å². The molecule has 3 aromatic carbocycles. The predicted octanol–water partition coefficient (Wildman–Crippen LogP) is 7.68. The van der Waals surface area contributed by atoms with Gasteiger partial charge in [-0.2, -0.15) is 13.2 Å². The number of carboxylic acid groups (broad SMARTS) is 1. The number of halogens is 5. The van der Waals surface area contributed by atoms with Gasteiger partial charge < -0.3 is 5.11 Å². The summed E-state index contributed by atoms with van der Waals surface area (Å²) in [6.45, 7) is 4.77. The fourth-order valence-corrected chi connectivity index (χ4v) is 7.49. The molecular weight excluding hydrogens is 570 g/mol. The maximum Gasteiger partial charge on any atom is 0.416 e. The number of rotatable bonds is 6. The Morgan fingerprint density at radius 3 is 2.42 bits per heavy atom. The van der Waals surface area contributed by atoms with Crippen molar-refractivity contribution in [1.82, 2.24) is 0 Å². The van der Waals surface area contributed by atoms with Gasteiger partial charge in [-0.15, -0.1) is 0 Å². The van der Waals surface area contributed by atoms with Gasteiger partial charge >= 0.3 is 12.1 Å². The molecule has 0 fully saturated rings. The van der Waals surface area contributed by atoms with E-state index in [9.17, 15) is 35.9 Å². The molecule has 0 radical (unpaired) electrons. The second kappa shape index (κ2) is 10.6. The fraction of sp³-hybridized carbons (Fsp3) is 0.276. The lowest BCUT2D eigenvalue weighted by atomic mass is 9.75. The summed E-state index contributed by atoms with van der Waals surface area (Å²) in [6.07, 6.45) is -3.08. The minimum atomic E-state index is -4.77. The Kier molecular flexibility index (Phi) is 7.81. The smallest absolute Gasteiger partial charge is 0.416 e. The number of aliphatic carboxylic acids is 1. The first-order valence-electron chi connectivity index (χ1n) is 12.3. The summed E-state index contributed by atoms with van der Waals surface area (Å²) < 4.78 is 83.6. The number of nitrogens with zero attached hydrogens (tertiary/aromatic N) is 1. The van der Waals surface area contributed by atoms with Crippen molar-refractivity contribution in [2.75, 3.05) is 4.31 Å². The molecule has 1 heterocycles. The molecule has 40 heavy (non-hydrogen) atoms. The average molecular weight is 596 g/mol. The number of anilines is 1. The van der Waals surface area contributed by atoms with Gasteiger partial charge in [0.05, 0.1) is 32.6 Å². The second-order valence-electron chi connectivity index (χ2n) is 9.91. The summed E-state index contributed by atoms with van der Waals surface area (Å²) in [6, 6.07) is 12.4. The largest absolute Gasteiger partial charge is 0.481 e. The Morgan fingerprint density at radius 2 is 1.82 bits per heavy atom. The molecule has 212 valence electrons. The first-order valence-corrected chi connectivity index (χ1v) is 14.1. The van der Waals surface area contributed by atoms with E-state index >= 15 is 0 Å². The minimum Gasteiger partial charge on any atom is -0.481 e. The molecule has 1 aliphatic rings. The van der Waals surface area contributed by atoms with Crippen LogP contribution in [0.3, 0.4) is 0 Å². The molecule has 0 saturated heterocycles. The number of fused-ring (bicyclic) bond motifs is 1. The Morgan fingerprint density at radius 1 is 1.15 bits per heavy atom. The molecule has 0 amide bonds. The third-order valence-corrected chi connectivity index (χ3v) is 9.67. The van der Waals surface area contributed by atoms with Crippen LogP contribution in [0, 0.1) is 11.7 Å². The van der Waals surface area contributed by atoms with E-state index in [0.29, 0.717) is 22.8 Å². The fourth-order valence-electron chi connectivity index (χ4n) is 5.20. The molecule has 0 spiro atoms. The van der Waals surface area contributed by atoms with Crippen LogP contribution in [0.1, 0.15) is 49.4 Å². The minimum absolute atomic E-state index is 0.0230. The van der Waals surface area contributed by atoms with Crippen LogP contribution in [0.15, 0.2) is 65.6 Å². The molecule has 11 heteroatoms. The lowest BCUT2D eigenvalue weighted by Crippen LogP contribution is -2.59. The zero-order valence-electron chi connectivity index (χ0n) is 21.8. The van der Waals surface area contributed by atoms with Crippen molar-refractivity contribution in [2.24, 2.45) is 5.92 Å². The van der Waals surface area contributed by atoms with E-state index in [1.54, 1.807) is 38.1 Å². The highest BCUT2D eigenvalue weighted by Crippen LogP contribution is 2.46. The van der Waals surface area contributed by atoms with E-state index in [2.05, 4.69) is 0 Å². The van der Waals surface area contributed by atoms with Crippen molar-refractivity contribution < 1.29 is 35.9 Å². The van der Waals surface area contributed by atoms with E-state index < -0.39 is 49.9 Å². The Bertz CT molecular complexity index is 1600. The Labute approximate surface area is 234 Å². The highest BCUT2D eigenvalue weighted by atomic mass is 35.5. The van der Waals surface area contributed by atoms with Crippen molar-refractivity contribution in [2.45, 2.75) is 50.2 Å². The summed E-state index contributed by atoms with van der Waals surface area (Å²) >= 11 is 6.18. The number of hydrogen-bond donors (Lipinski definition) is 1. The molecule has 3 aromatic rings.